The maximum absolute atomic E-state index is 12.6. The van der Waals surface area contributed by atoms with Gasteiger partial charge in [-0.3, -0.25) is 4.79 Å². The second-order valence-electron chi connectivity index (χ2n) is 6.65. The van der Waals surface area contributed by atoms with Crippen LogP contribution in [0.3, 0.4) is 0 Å². The molecule has 1 aromatic carbocycles. The number of nitrogens with zero attached hydrogens (tertiary/aromatic N) is 4. The molecule has 1 atom stereocenters. The molecule has 3 aromatic heterocycles. The minimum Gasteiger partial charge on any atom is -0.342 e. The summed E-state index contributed by atoms with van der Waals surface area (Å²) in [5.74, 6) is 1.89. The van der Waals surface area contributed by atoms with Crippen molar-refractivity contribution in [1.82, 2.24) is 25.0 Å². The molecule has 0 saturated carbocycles. The lowest BCUT2D eigenvalue weighted by Gasteiger charge is -2.19. The van der Waals surface area contributed by atoms with Crippen LogP contribution in [0.1, 0.15) is 36.2 Å². The zero-order valence-corrected chi connectivity index (χ0v) is 16.8. The fourth-order valence-electron chi connectivity index (χ4n) is 3.09. The highest BCUT2D eigenvalue weighted by atomic mass is 32.1. The first-order chi connectivity index (χ1) is 14.2. The molecule has 0 aliphatic rings. The molecule has 0 saturated heterocycles. The lowest BCUT2D eigenvalue weighted by molar-refractivity contribution is -0.121. The van der Waals surface area contributed by atoms with Gasteiger partial charge in [0.1, 0.15) is 11.9 Å². The molecule has 7 nitrogen and oxygen atoms in total. The molecule has 0 aliphatic carbocycles. The number of nitrogens with one attached hydrogen (secondary N) is 1. The van der Waals surface area contributed by atoms with Gasteiger partial charge in [-0.15, -0.1) is 11.3 Å². The third kappa shape index (κ3) is 4.60. The van der Waals surface area contributed by atoms with E-state index in [2.05, 4.69) is 20.4 Å². The smallest absolute Gasteiger partial charge is 0.226 e. The SMILES string of the molecule is Cn1ccnc1C(NC(=O)CCCc1nc(-c2cccs2)no1)c1ccccc1. The van der Waals surface area contributed by atoms with Crippen LogP contribution in [-0.2, 0) is 18.3 Å². The maximum atomic E-state index is 12.6. The van der Waals surface area contributed by atoms with Crippen LogP contribution >= 0.6 is 11.3 Å². The maximum Gasteiger partial charge on any atom is 0.226 e. The van der Waals surface area contributed by atoms with Gasteiger partial charge in [-0.2, -0.15) is 4.98 Å². The van der Waals surface area contributed by atoms with E-state index in [4.69, 9.17) is 4.52 Å². The van der Waals surface area contributed by atoms with Crippen molar-refractivity contribution < 1.29 is 9.32 Å². The third-order valence-corrected chi connectivity index (χ3v) is 5.42. The van der Waals surface area contributed by atoms with Crippen LogP contribution in [-0.4, -0.2) is 25.6 Å². The van der Waals surface area contributed by atoms with Gasteiger partial charge in [-0.05, 0) is 23.4 Å². The van der Waals surface area contributed by atoms with Crippen molar-refractivity contribution >= 4 is 17.2 Å². The number of benzene rings is 1. The van der Waals surface area contributed by atoms with Gasteiger partial charge in [0.05, 0.1) is 4.88 Å². The summed E-state index contributed by atoms with van der Waals surface area (Å²) < 4.78 is 7.21. The van der Waals surface area contributed by atoms with E-state index >= 15 is 0 Å². The van der Waals surface area contributed by atoms with Gasteiger partial charge in [0.2, 0.25) is 17.6 Å². The van der Waals surface area contributed by atoms with E-state index in [0.717, 1.165) is 16.3 Å². The van der Waals surface area contributed by atoms with Gasteiger partial charge >= 0.3 is 0 Å². The van der Waals surface area contributed by atoms with Gasteiger partial charge in [0.15, 0.2) is 0 Å². The molecule has 1 N–H and O–H groups in total. The number of thiophene rings is 1. The standard InChI is InChI=1S/C21H21N5O2S/c1-26-13-12-22-21(26)19(15-7-3-2-4-8-15)23-17(27)10-5-11-18-24-20(25-28-18)16-9-6-14-29-16/h2-4,6-9,12-14,19H,5,10-11H2,1H3,(H,23,27). The first kappa shape index (κ1) is 19.1. The molecule has 0 radical (unpaired) electrons. The summed E-state index contributed by atoms with van der Waals surface area (Å²) in [5.41, 5.74) is 0.993. The molecule has 1 amide bonds. The second-order valence-corrected chi connectivity index (χ2v) is 7.60. The van der Waals surface area contributed by atoms with E-state index in [1.54, 1.807) is 17.5 Å². The predicted molar refractivity (Wildman–Crippen MR) is 110 cm³/mol. The zero-order valence-electron chi connectivity index (χ0n) is 16.0. The normalized spacial score (nSPS) is 12.0. The van der Waals surface area contributed by atoms with Gasteiger partial charge < -0.3 is 14.4 Å². The quantitative estimate of drug-likeness (QED) is 0.481. The largest absolute Gasteiger partial charge is 0.342 e. The number of hydrogen-bond acceptors (Lipinski definition) is 6. The first-order valence-electron chi connectivity index (χ1n) is 9.38. The van der Waals surface area contributed by atoms with Gasteiger partial charge in [0.25, 0.3) is 0 Å². The van der Waals surface area contributed by atoms with E-state index in [0.29, 0.717) is 31.0 Å². The van der Waals surface area contributed by atoms with Crippen molar-refractivity contribution in [1.29, 1.82) is 0 Å². The zero-order chi connectivity index (χ0) is 20.1. The Kier molecular flexibility index (Phi) is 5.81. The summed E-state index contributed by atoms with van der Waals surface area (Å²) in [7, 11) is 1.92. The Bertz CT molecular complexity index is 1060. The minimum absolute atomic E-state index is 0.0418. The van der Waals surface area contributed by atoms with Gasteiger partial charge in [-0.1, -0.05) is 41.6 Å². The van der Waals surface area contributed by atoms with Crippen LogP contribution in [0.4, 0.5) is 0 Å². The van der Waals surface area contributed by atoms with Crippen LogP contribution in [0.25, 0.3) is 10.7 Å². The highest BCUT2D eigenvalue weighted by Gasteiger charge is 2.20. The van der Waals surface area contributed by atoms with Gasteiger partial charge in [-0.25, -0.2) is 4.98 Å². The molecule has 4 rings (SSSR count). The lowest BCUT2D eigenvalue weighted by Crippen LogP contribution is -2.31. The predicted octanol–water partition coefficient (Wildman–Crippen LogP) is 3.76. The average molecular weight is 407 g/mol. The highest BCUT2D eigenvalue weighted by Crippen LogP contribution is 2.22. The molecule has 0 aliphatic heterocycles. The first-order valence-corrected chi connectivity index (χ1v) is 10.3. The van der Waals surface area contributed by atoms with Crippen LogP contribution in [0, 0.1) is 0 Å². The molecule has 8 heteroatoms. The number of rotatable bonds is 8. The third-order valence-electron chi connectivity index (χ3n) is 4.56. The highest BCUT2D eigenvalue weighted by molar-refractivity contribution is 7.13. The lowest BCUT2D eigenvalue weighted by atomic mass is 10.1. The number of carbonyl (C=O) groups excluding carboxylic acids is 1. The molecule has 0 bridgehead atoms. The monoisotopic (exact) mass is 407 g/mol. The van der Waals surface area contributed by atoms with E-state index in [1.165, 1.54) is 0 Å². The van der Waals surface area contributed by atoms with Crippen molar-refractivity contribution in [2.75, 3.05) is 0 Å². The van der Waals surface area contributed by atoms with Crippen molar-refractivity contribution in [3.63, 3.8) is 0 Å². The number of carbonyl (C=O) groups is 1. The summed E-state index contributed by atoms with van der Waals surface area (Å²) in [5, 5.41) is 9.08. The molecule has 3 heterocycles. The number of amides is 1. The average Bonchev–Trinajstić information content (AvgIpc) is 3.49. The minimum atomic E-state index is -0.294. The Balaban J connectivity index is 1.36. The summed E-state index contributed by atoms with van der Waals surface area (Å²) >= 11 is 1.57. The summed E-state index contributed by atoms with van der Waals surface area (Å²) in [6, 6.07) is 13.5. The summed E-state index contributed by atoms with van der Waals surface area (Å²) in [6.07, 6.45) is 5.16. The van der Waals surface area contributed by atoms with Crippen molar-refractivity contribution in [2.24, 2.45) is 7.05 Å². The fraction of sp³-hybridized carbons (Fsp3) is 0.238. The number of aryl methyl sites for hydroxylation is 2. The Morgan fingerprint density at radius 2 is 2.10 bits per heavy atom. The van der Waals surface area contributed by atoms with Crippen LogP contribution < -0.4 is 5.32 Å². The van der Waals surface area contributed by atoms with Gasteiger partial charge in [0, 0.05) is 32.3 Å². The Morgan fingerprint density at radius 3 is 2.83 bits per heavy atom. The fourth-order valence-corrected chi connectivity index (χ4v) is 3.74. The molecule has 1 unspecified atom stereocenters. The molecular weight excluding hydrogens is 386 g/mol. The van der Waals surface area contributed by atoms with Crippen LogP contribution in [0.15, 0.2) is 64.8 Å². The Hall–Kier alpha value is -3.26. The summed E-state index contributed by atoms with van der Waals surface area (Å²) in [4.78, 5) is 22.4. The molecule has 0 spiro atoms. The number of aromatic nitrogens is 4. The number of hydrogen-bond donors (Lipinski definition) is 1. The molecule has 148 valence electrons. The molecule has 4 aromatic rings. The second kappa shape index (κ2) is 8.83. The van der Waals surface area contributed by atoms with Crippen molar-refractivity contribution in [2.45, 2.75) is 25.3 Å². The number of imidazole rings is 1. The van der Waals surface area contributed by atoms with Crippen LogP contribution in [0.5, 0.6) is 0 Å². The van der Waals surface area contributed by atoms with Crippen molar-refractivity contribution in [3.05, 3.63) is 77.5 Å². The van der Waals surface area contributed by atoms with Crippen molar-refractivity contribution in [3.8, 4) is 10.7 Å². The van der Waals surface area contributed by atoms with E-state index in [1.807, 2.05) is 65.7 Å². The van der Waals surface area contributed by atoms with E-state index in [9.17, 15) is 4.79 Å². The van der Waals surface area contributed by atoms with Crippen LogP contribution in [0.2, 0.25) is 0 Å². The molecule has 0 fully saturated rings. The molecular formula is C21H21N5O2S. The topological polar surface area (TPSA) is 85.8 Å². The Labute approximate surface area is 172 Å². The summed E-state index contributed by atoms with van der Waals surface area (Å²) in [6.45, 7) is 0. The molecule has 29 heavy (non-hydrogen) atoms. The van der Waals surface area contributed by atoms with E-state index < -0.39 is 0 Å². The Morgan fingerprint density at radius 1 is 1.24 bits per heavy atom. The van der Waals surface area contributed by atoms with E-state index in [-0.39, 0.29) is 11.9 Å².